The normalized spacial score (nSPS) is 10.1. The predicted molar refractivity (Wildman–Crippen MR) is 79.1 cm³/mol. The lowest BCUT2D eigenvalue weighted by Crippen LogP contribution is -1.99. The van der Waals surface area contributed by atoms with Crippen LogP contribution in [0.15, 0.2) is 53.0 Å². The Labute approximate surface area is 116 Å². The lowest BCUT2D eigenvalue weighted by Gasteiger charge is -2.08. The maximum absolute atomic E-state index is 5.40. The third-order valence-corrected chi connectivity index (χ3v) is 3.10. The average molecular weight is 306 g/mol. The highest BCUT2D eigenvalue weighted by Crippen LogP contribution is 2.17. The van der Waals surface area contributed by atoms with E-state index in [1.807, 2.05) is 31.2 Å². The van der Waals surface area contributed by atoms with Crippen molar-refractivity contribution in [1.82, 2.24) is 0 Å². The Balaban J connectivity index is 1.91. The molecule has 1 N–H and O–H groups in total. The van der Waals surface area contributed by atoms with E-state index < -0.39 is 0 Å². The standard InChI is InChI=1S/C15H16BrNO/c1-2-18-15-9-7-14(8-10-15)17-11-12-3-5-13(16)6-4-12/h3-10,17H,2,11H2,1H3. The molecule has 0 saturated heterocycles. The molecule has 0 saturated carbocycles. The monoisotopic (exact) mass is 305 g/mol. The Kier molecular flexibility index (Phi) is 4.65. The minimum absolute atomic E-state index is 0.700. The van der Waals surface area contributed by atoms with E-state index in [2.05, 4.69) is 45.5 Å². The van der Waals surface area contributed by atoms with Gasteiger partial charge in [-0.05, 0) is 48.9 Å². The molecule has 0 fully saturated rings. The molecule has 0 bridgehead atoms. The van der Waals surface area contributed by atoms with Gasteiger partial charge in [0.1, 0.15) is 5.75 Å². The second-order valence-electron chi connectivity index (χ2n) is 3.94. The lowest BCUT2D eigenvalue weighted by atomic mass is 10.2. The molecule has 0 aliphatic carbocycles. The molecule has 94 valence electrons. The van der Waals surface area contributed by atoms with E-state index in [-0.39, 0.29) is 0 Å². The SMILES string of the molecule is CCOc1ccc(NCc2ccc(Br)cc2)cc1. The van der Waals surface area contributed by atoms with E-state index in [0.29, 0.717) is 6.61 Å². The van der Waals surface area contributed by atoms with Crippen LogP contribution in [0, 0.1) is 0 Å². The zero-order valence-electron chi connectivity index (χ0n) is 10.3. The highest BCUT2D eigenvalue weighted by Gasteiger charge is 1.96. The van der Waals surface area contributed by atoms with Crippen LogP contribution in [0.1, 0.15) is 12.5 Å². The van der Waals surface area contributed by atoms with Crippen LogP contribution in [0.2, 0.25) is 0 Å². The molecule has 2 aromatic rings. The fourth-order valence-corrected chi connectivity index (χ4v) is 1.91. The van der Waals surface area contributed by atoms with E-state index in [4.69, 9.17) is 4.74 Å². The summed E-state index contributed by atoms with van der Waals surface area (Å²) in [6.45, 7) is 3.51. The Morgan fingerprint density at radius 3 is 2.28 bits per heavy atom. The largest absolute Gasteiger partial charge is 0.494 e. The topological polar surface area (TPSA) is 21.3 Å². The van der Waals surface area contributed by atoms with Crippen molar-refractivity contribution in [2.24, 2.45) is 0 Å². The Morgan fingerprint density at radius 1 is 1.00 bits per heavy atom. The summed E-state index contributed by atoms with van der Waals surface area (Å²) in [5.41, 5.74) is 2.36. The highest BCUT2D eigenvalue weighted by molar-refractivity contribution is 9.10. The van der Waals surface area contributed by atoms with Crippen molar-refractivity contribution in [3.8, 4) is 5.75 Å². The zero-order valence-corrected chi connectivity index (χ0v) is 11.9. The Hall–Kier alpha value is -1.48. The van der Waals surface area contributed by atoms with Crippen LogP contribution >= 0.6 is 15.9 Å². The van der Waals surface area contributed by atoms with Crippen LogP contribution in [0.25, 0.3) is 0 Å². The first-order valence-electron chi connectivity index (χ1n) is 5.99. The third-order valence-electron chi connectivity index (χ3n) is 2.58. The van der Waals surface area contributed by atoms with E-state index in [9.17, 15) is 0 Å². The summed E-state index contributed by atoms with van der Waals surface area (Å²) in [7, 11) is 0. The number of hydrogen-bond donors (Lipinski definition) is 1. The van der Waals surface area contributed by atoms with E-state index >= 15 is 0 Å². The van der Waals surface area contributed by atoms with Crippen molar-refractivity contribution < 1.29 is 4.74 Å². The minimum atomic E-state index is 0.700. The number of benzene rings is 2. The van der Waals surface area contributed by atoms with Crippen molar-refractivity contribution in [1.29, 1.82) is 0 Å². The molecule has 3 heteroatoms. The van der Waals surface area contributed by atoms with Gasteiger partial charge in [0.2, 0.25) is 0 Å². The Bertz CT molecular complexity index is 479. The van der Waals surface area contributed by atoms with Crippen LogP contribution in [0.4, 0.5) is 5.69 Å². The van der Waals surface area contributed by atoms with Crippen LogP contribution in [0.5, 0.6) is 5.75 Å². The molecule has 0 aliphatic heterocycles. The van der Waals surface area contributed by atoms with Crippen LogP contribution in [-0.4, -0.2) is 6.61 Å². The molecular weight excluding hydrogens is 290 g/mol. The van der Waals surface area contributed by atoms with Gasteiger partial charge in [0, 0.05) is 16.7 Å². The smallest absolute Gasteiger partial charge is 0.119 e. The van der Waals surface area contributed by atoms with Gasteiger partial charge in [-0.3, -0.25) is 0 Å². The summed E-state index contributed by atoms with van der Waals surface area (Å²) < 4.78 is 6.51. The molecule has 0 amide bonds. The second kappa shape index (κ2) is 6.45. The average Bonchev–Trinajstić information content (AvgIpc) is 2.40. The number of nitrogens with one attached hydrogen (secondary N) is 1. The summed E-state index contributed by atoms with van der Waals surface area (Å²) >= 11 is 3.43. The van der Waals surface area contributed by atoms with Gasteiger partial charge in [0.25, 0.3) is 0 Å². The Morgan fingerprint density at radius 2 is 1.67 bits per heavy atom. The number of halogens is 1. The maximum atomic E-state index is 5.40. The fourth-order valence-electron chi connectivity index (χ4n) is 1.64. The van der Waals surface area contributed by atoms with Gasteiger partial charge in [-0.15, -0.1) is 0 Å². The van der Waals surface area contributed by atoms with Gasteiger partial charge < -0.3 is 10.1 Å². The fraction of sp³-hybridized carbons (Fsp3) is 0.200. The molecule has 18 heavy (non-hydrogen) atoms. The molecule has 0 unspecified atom stereocenters. The van der Waals surface area contributed by atoms with Gasteiger partial charge in [0.15, 0.2) is 0 Å². The number of anilines is 1. The first-order valence-corrected chi connectivity index (χ1v) is 6.78. The summed E-state index contributed by atoms with van der Waals surface area (Å²) in [5, 5.41) is 3.38. The van der Waals surface area contributed by atoms with E-state index in [1.54, 1.807) is 0 Å². The summed E-state index contributed by atoms with van der Waals surface area (Å²) in [6, 6.07) is 16.3. The first kappa shape index (κ1) is 13.0. The quantitative estimate of drug-likeness (QED) is 0.880. The van der Waals surface area contributed by atoms with Crippen molar-refractivity contribution in [2.75, 3.05) is 11.9 Å². The van der Waals surface area contributed by atoms with Gasteiger partial charge in [0.05, 0.1) is 6.61 Å². The molecule has 0 spiro atoms. The molecule has 0 aromatic heterocycles. The van der Waals surface area contributed by atoms with Gasteiger partial charge in [-0.1, -0.05) is 28.1 Å². The molecule has 2 aromatic carbocycles. The first-order chi connectivity index (χ1) is 8.78. The zero-order chi connectivity index (χ0) is 12.8. The number of rotatable bonds is 5. The molecule has 2 nitrogen and oxygen atoms in total. The third kappa shape index (κ3) is 3.77. The van der Waals surface area contributed by atoms with Gasteiger partial charge >= 0.3 is 0 Å². The van der Waals surface area contributed by atoms with Crippen LogP contribution < -0.4 is 10.1 Å². The van der Waals surface area contributed by atoms with Crippen molar-refractivity contribution in [2.45, 2.75) is 13.5 Å². The van der Waals surface area contributed by atoms with Crippen molar-refractivity contribution in [3.63, 3.8) is 0 Å². The van der Waals surface area contributed by atoms with Gasteiger partial charge in [-0.25, -0.2) is 0 Å². The molecule has 0 radical (unpaired) electrons. The summed E-state index contributed by atoms with van der Waals surface area (Å²) in [6.07, 6.45) is 0. The minimum Gasteiger partial charge on any atom is -0.494 e. The summed E-state index contributed by atoms with van der Waals surface area (Å²) in [4.78, 5) is 0. The van der Waals surface area contributed by atoms with E-state index in [1.165, 1.54) is 5.56 Å². The van der Waals surface area contributed by atoms with Crippen LogP contribution in [-0.2, 0) is 6.54 Å². The van der Waals surface area contributed by atoms with E-state index in [0.717, 1.165) is 22.5 Å². The summed E-state index contributed by atoms with van der Waals surface area (Å²) in [5.74, 6) is 0.909. The predicted octanol–water partition coefficient (Wildman–Crippen LogP) is 4.46. The van der Waals surface area contributed by atoms with Crippen LogP contribution in [0.3, 0.4) is 0 Å². The number of ether oxygens (including phenoxy) is 1. The molecule has 0 aliphatic rings. The van der Waals surface area contributed by atoms with Crippen molar-refractivity contribution >= 4 is 21.6 Å². The molecule has 2 rings (SSSR count). The highest BCUT2D eigenvalue weighted by atomic mass is 79.9. The van der Waals surface area contributed by atoms with Crippen molar-refractivity contribution in [3.05, 3.63) is 58.6 Å². The lowest BCUT2D eigenvalue weighted by molar-refractivity contribution is 0.340. The second-order valence-corrected chi connectivity index (χ2v) is 4.85. The number of hydrogen-bond acceptors (Lipinski definition) is 2. The van der Waals surface area contributed by atoms with Gasteiger partial charge in [-0.2, -0.15) is 0 Å². The maximum Gasteiger partial charge on any atom is 0.119 e. The molecule has 0 atom stereocenters. The molecular formula is C15H16BrNO. The molecule has 0 heterocycles.